The van der Waals surface area contributed by atoms with Gasteiger partial charge in [-0.15, -0.1) is 0 Å². The van der Waals surface area contributed by atoms with Crippen LogP contribution in [0.15, 0.2) is 46.9 Å². The number of phenolic OH excluding ortho intramolecular Hbond substituents is 1. The van der Waals surface area contributed by atoms with E-state index < -0.39 is 5.91 Å². The molecule has 1 amide bonds. The molecule has 0 heterocycles. The molecular formula is C13H9BrClNO2. The van der Waals surface area contributed by atoms with Crippen LogP contribution in [-0.4, -0.2) is 11.0 Å². The summed E-state index contributed by atoms with van der Waals surface area (Å²) in [6, 6.07) is 11.5. The van der Waals surface area contributed by atoms with Gasteiger partial charge in [0, 0.05) is 4.47 Å². The fourth-order valence-corrected chi connectivity index (χ4v) is 2.17. The standard InChI is InChI=1S/C13H9BrClNO2/c14-8-5-6-11(10(15)7-8)16-13(18)9-3-1-2-4-12(9)17/h1-7,17H,(H,16,18). The number of benzene rings is 2. The largest absolute Gasteiger partial charge is 0.507 e. The molecular weight excluding hydrogens is 318 g/mol. The summed E-state index contributed by atoms with van der Waals surface area (Å²) in [5.74, 6) is -0.472. The smallest absolute Gasteiger partial charge is 0.259 e. The Kier molecular flexibility index (Phi) is 3.89. The monoisotopic (exact) mass is 325 g/mol. The molecule has 3 nitrogen and oxygen atoms in total. The highest BCUT2D eigenvalue weighted by Crippen LogP contribution is 2.26. The van der Waals surface area contributed by atoms with Gasteiger partial charge in [0.05, 0.1) is 16.3 Å². The van der Waals surface area contributed by atoms with Gasteiger partial charge in [-0.2, -0.15) is 0 Å². The molecule has 0 saturated carbocycles. The van der Waals surface area contributed by atoms with Crippen molar-refractivity contribution in [3.63, 3.8) is 0 Å². The van der Waals surface area contributed by atoms with Crippen molar-refractivity contribution in [2.75, 3.05) is 5.32 Å². The zero-order valence-electron chi connectivity index (χ0n) is 9.15. The zero-order chi connectivity index (χ0) is 13.1. The normalized spacial score (nSPS) is 10.1. The van der Waals surface area contributed by atoms with Gasteiger partial charge in [0.15, 0.2) is 0 Å². The lowest BCUT2D eigenvalue weighted by molar-refractivity contribution is 0.102. The maximum atomic E-state index is 11.9. The van der Waals surface area contributed by atoms with E-state index in [-0.39, 0.29) is 11.3 Å². The molecule has 0 unspecified atom stereocenters. The summed E-state index contributed by atoms with van der Waals surface area (Å²) in [4.78, 5) is 11.9. The second-order valence-corrected chi connectivity index (χ2v) is 4.92. The Labute approximate surface area is 118 Å². The number of hydrogen-bond donors (Lipinski definition) is 2. The molecule has 0 saturated heterocycles. The third-order valence-corrected chi connectivity index (χ3v) is 3.13. The Morgan fingerprint density at radius 3 is 2.61 bits per heavy atom. The van der Waals surface area contributed by atoms with Crippen molar-refractivity contribution >= 4 is 39.1 Å². The number of phenols is 1. The van der Waals surface area contributed by atoms with Gasteiger partial charge in [-0.25, -0.2) is 0 Å². The molecule has 0 aliphatic heterocycles. The summed E-state index contributed by atoms with van der Waals surface area (Å²) in [6.45, 7) is 0. The van der Waals surface area contributed by atoms with E-state index in [0.717, 1.165) is 4.47 Å². The van der Waals surface area contributed by atoms with Gasteiger partial charge in [0.25, 0.3) is 5.91 Å². The molecule has 0 atom stereocenters. The number of carbonyl (C=O) groups excluding carboxylic acids is 1. The summed E-state index contributed by atoms with van der Waals surface area (Å²) in [7, 11) is 0. The fraction of sp³-hybridized carbons (Fsp3) is 0. The van der Waals surface area contributed by atoms with Crippen LogP contribution in [0.5, 0.6) is 5.75 Å². The average molecular weight is 327 g/mol. The molecule has 0 aliphatic rings. The number of anilines is 1. The first kappa shape index (κ1) is 12.9. The number of rotatable bonds is 2. The predicted molar refractivity (Wildman–Crippen MR) is 75.2 cm³/mol. The minimum Gasteiger partial charge on any atom is -0.507 e. The van der Waals surface area contributed by atoms with Crippen molar-refractivity contribution in [2.45, 2.75) is 0 Å². The molecule has 0 bridgehead atoms. The first-order chi connectivity index (χ1) is 8.58. The van der Waals surface area contributed by atoms with Crippen molar-refractivity contribution in [3.8, 4) is 5.75 Å². The minimum absolute atomic E-state index is 0.0664. The molecule has 5 heteroatoms. The third kappa shape index (κ3) is 2.83. The summed E-state index contributed by atoms with van der Waals surface area (Å²) < 4.78 is 0.827. The second-order valence-electron chi connectivity index (χ2n) is 3.60. The van der Waals surface area contributed by atoms with Crippen molar-refractivity contribution in [1.82, 2.24) is 0 Å². The number of halogens is 2. The van der Waals surface area contributed by atoms with E-state index in [2.05, 4.69) is 21.2 Å². The second kappa shape index (κ2) is 5.42. The van der Waals surface area contributed by atoms with E-state index in [0.29, 0.717) is 10.7 Å². The molecule has 0 aliphatic carbocycles. The number of para-hydroxylation sites is 1. The summed E-state index contributed by atoms with van der Waals surface area (Å²) in [5, 5.41) is 12.6. The lowest BCUT2D eigenvalue weighted by Crippen LogP contribution is -2.12. The number of aromatic hydroxyl groups is 1. The molecule has 0 radical (unpaired) electrons. The molecule has 2 N–H and O–H groups in total. The molecule has 18 heavy (non-hydrogen) atoms. The van der Waals surface area contributed by atoms with Crippen molar-refractivity contribution < 1.29 is 9.90 Å². The molecule has 2 aromatic carbocycles. The SMILES string of the molecule is O=C(Nc1ccc(Br)cc1Cl)c1ccccc1O. The van der Waals surface area contributed by atoms with E-state index in [9.17, 15) is 9.90 Å². The van der Waals surface area contributed by atoms with Gasteiger partial charge in [0.2, 0.25) is 0 Å². The van der Waals surface area contributed by atoms with Gasteiger partial charge in [-0.3, -0.25) is 4.79 Å². The Hall–Kier alpha value is -1.52. The zero-order valence-corrected chi connectivity index (χ0v) is 11.5. The van der Waals surface area contributed by atoms with Gasteiger partial charge < -0.3 is 10.4 Å². The van der Waals surface area contributed by atoms with Gasteiger partial charge >= 0.3 is 0 Å². The highest BCUT2D eigenvalue weighted by atomic mass is 79.9. The van der Waals surface area contributed by atoms with Crippen LogP contribution in [0.25, 0.3) is 0 Å². The number of hydrogen-bond acceptors (Lipinski definition) is 2. The molecule has 2 aromatic rings. The first-order valence-electron chi connectivity index (χ1n) is 5.12. The third-order valence-electron chi connectivity index (χ3n) is 2.33. The van der Waals surface area contributed by atoms with Crippen LogP contribution in [0.4, 0.5) is 5.69 Å². The minimum atomic E-state index is -0.405. The van der Waals surface area contributed by atoms with E-state index in [4.69, 9.17) is 11.6 Å². The Balaban J connectivity index is 2.24. The topological polar surface area (TPSA) is 49.3 Å². The van der Waals surface area contributed by atoms with E-state index in [1.165, 1.54) is 12.1 Å². The van der Waals surface area contributed by atoms with Crippen LogP contribution < -0.4 is 5.32 Å². The lowest BCUT2D eigenvalue weighted by atomic mass is 10.2. The highest BCUT2D eigenvalue weighted by Gasteiger charge is 2.11. The van der Waals surface area contributed by atoms with Crippen LogP contribution in [0, 0.1) is 0 Å². The molecule has 0 spiro atoms. The van der Waals surface area contributed by atoms with Crippen molar-refractivity contribution in [3.05, 3.63) is 57.5 Å². The fourth-order valence-electron chi connectivity index (χ4n) is 1.45. The maximum Gasteiger partial charge on any atom is 0.259 e. The Morgan fingerprint density at radius 1 is 1.22 bits per heavy atom. The molecule has 92 valence electrons. The number of amides is 1. The van der Waals surface area contributed by atoms with Crippen molar-refractivity contribution in [1.29, 1.82) is 0 Å². The van der Waals surface area contributed by atoms with Gasteiger partial charge in [-0.1, -0.05) is 39.7 Å². The van der Waals surface area contributed by atoms with Crippen LogP contribution in [0.3, 0.4) is 0 Å². The maximum absolute atomic E-state index is 11.9. The van der Waals surface area contributed by atoms with Crippen LogP contribution in [-0.2, 0) is 0 Å². The number of nitrogens with one attached hydrogen (secondary N) is 1. The van der Waals surface area contributed by atoms with Crippen LogP contribution in [0.2, 0.25) is 5.02 Å². The summed E-state index contributed by atoms with van der Waals surface area (Å²) in [5.41, 5.74) is 0.699. The summed E-state index contributed by atoms with van der Waals surface area (Å²) in [6.07, 6.45) is 0. The molecule has 0 fully saturated rings. The van der Waals surface area contributed by atoms with Crippen LogP contribution >= 0.6 is 27.5 Å². The Bertz CT molecular complexity index is 601. The molecule has 2 rings (SSSR count). The van der Waals surface area contributed by atoms with Crippen molar-refractivity contribution in [2.24, 2.45) is 0 Å². The van der Waals surface area contributed by atoms with Gasteiger partial charge in [0.1, 0.15) is 5.75 Å². The first-order valence-corrected chi connectivity index (χ1v) is 6.29. The van der Waals surface area contributed by atoms with E-state index >= 15 is 0 Å². The highest BCUT2D eigenvalue weighted by molar-refractivity contribution is 9.10. The van der Waals surface area contributed by atoms with Gasteiger partial charge in [-0.05, 0) is 30.3 Å². The molecule has 0 aromatic heterocycles. The lowest BCUT2D eigenvalue weighted by Gasteiger charge is -2.08. The predicted octanol–water partition coefficient (Wildman–Crippen LogP) is 4.06. The summed E-state index contributed by atoms with van der Waals surface area (Å²) >= 11 is 9.28. The quantitative estimate of drug-likeness (QED) is 0.874. The number of carbonyl (C=O) groups is 1. The van der Waals surface area contributed by atoms with E-state index in [1.807, 2.05) is 0 Å². The Morgan fingerprint density at radius 2 is 1.94 bits per heavy atom. The van der Waals surface area contributed by atoms with Crippen LogP contribution in [0.1, 0.15) is 10.4 Å². The van der Waals surface area contributed by atoms with E-state index in [1.54, 1.807) is 30.3 Å². The average Bonchev–Trinajstić information content (AvgIpc) is 2.33.